The Balaban J connectivity index is 3.77. The van der Waals surface area contributed by atoms with Gasteiger partial charge in [-0.05, 0) is 6.42 Å². The highest BCUT2D eigenvalue weighted by atomic mass is 35.6. The maximum Gasteiger partial charge on any atom is 0.328 e. The molecule has 0 aromatic carbocycles. The molecule has 1 N–H and O–H groups in total. The van der Waals surface area contributed by atoms with E-state index in [0.717, 1.165) is 19.3 Å². The van der Waals surface area contributed by atoms with Crippen LogP contribution < -0.4 is 5.32 Å². The van der Waals surface area contributed by atoms with Crippen molar-refractivity contribution < 1.29 is 14.3 Å². The summed E-state index contributed by atoms with van der Waals surface area (Å²) in [4.78, 5) is 23.4. The third kappa shape index (κ3) is 13.9. The first-order valence-electron chi connectivity index (χ1n) is 9.78. The molecule has 0 rings (SSSR count). The van der Waals surface area contributed by atoms with Gasteiger partial charge in [0.1, 0.15) is 6.04 Å². The first kappa shape index (κ1) is 25.8. The zero-order valence-corrected chi connectivity index (χ0v) is 18.4. The van der Waals surface area contributed by atoms with Crippen LogP contribution in [0.15, 0.2) is 0 Å². The molecule has 0 saturated carbocycles. The Morgan fingerprint density at radius 3 is 1.65 bits per heavy atom. The number of unbranched alkanes of at least 4 members (excludes halogenated alkanes) is 11. The molecule has 1 unspecified atom stereocenters. The van der Waals surface area contributed by atoms with Crippen LogP contribution in [0.4, 0.5) is 0 Å². The summed E-state index contributed by atoms with van der Waals surface area (Å²) >= 11 is 16.6. The summed E-state index contributed by atoms with van der Waals surface area (Å²) < 4.78 is 2.62. The molecule has 0 spiro atoms. The standard InChI is InChI=1S/C19H34Cl3NO3/c1-3-4-5-6-7-8-9-10-11-12-13-14-15-16(17(24)26-2)23-18(25)19(20,21)22/h16H,3-15H2,1-2H3,(H,23,25). The number of hydrogen-bond donors (Lipinski definition) is 1. The van der Waals surface area contributed by atoms with Gasteiger partial charge in [0.2, 0.25) is 0 Å². The lowest BCUT2D eigenvalue weighted by molar-refractivity contribution is -0.145. The van der Waals surface area contributed by atoms with Crippen LogP contribution in [0.2, 0.25) is 0 Å². The third-order valence-corrected chi connectivity index (χ3v) is 4.91. The fourth-order valence-electron chi connectivity index (χ4n) is 2.82. The van der Waals surface area contributed by atoms with Crippen LogP contribution in [0.3, 0.4) is 0 Å². The number of carbonyl (C=O) groups excluding carboxylic acids is 2. The summed E-state index contributed by atoms with van der Waals surface area (Å²) in [7, 11) is 1.28. The fourth-order valence-corrected chi connectivity index (χ4v) is 2.98. The first-order valence-corrected chi connectivity index (χ1v) is 10.9. The molecule has 0 fully saturated rings. The van der Waals surface area contributed by atoms with Crippen molar-refractivity contribution in [3.8, 4) is 0 Å². The smallest absolute Gasteiger partial charge is 0.328 e. The minimum absolute atomic E-state index is 0.483. The van der Waals surface area contributed by atoms with E-state index in [2.05, 4.69) is 12.2 Å². The number of nitrogens with one attached hydrogen (secondary N) is 1. The quantitative estimate of drug-likeness (QED) is 0.194. The van der Waals surface area contributed by atoms with Crippen molar-refractivity contribution in [1.82, 2.24) is 5.32 Å². The van der Waals surface area contributed by atoms with Gasteiger partial charge < -0.3 is 10.1 Å². The molecular formula is C19H34Cl3NO3. The molecule has 4 nitrogen and oxygen atoms in total. The predicted molar refractivity (Wildman–Crippen MR) is 110 cm³/mol. The van der Waals surface area contributed by atoms with Crippen LogP contribution in [0.5, 0.6) is 0 Å². The maximum absolute atomic E-state index is 11.7. The fraction of sp³-hybridized carbons (Fsp3) is 0.895. The number of halogens is 3. The zero-order chi connectivity index (χ0) is 19.8. The maximum atomic E-state index is 11.7. The second kappa shape index (κ2) is 15.8. The van der Waals surface area contributed by atoms with Gasteiger partial charge in [-0.15, -0.1) is 0 Å². The highest BCUT2D eigenvalue weighted by Gasteiger charge is 2.34. The molecule has 0 aliphatic rings. The minimum Gasteiger partial charge on any atom is -0.467 e. The van der Waals surface area contributed by atoms with Crippen LogP contribution in [-0.2, 0) is 14.3 Å². The van der Waals surface area contributed by atoms with Crippen LogP contribution >= 0.6 is 34.8 Å². The molecule has 26 heavy (non-hydrogen) atoms. The Bertz CT molecular complexity index is 387. The zero-order valence-electron chi connectivity index (χ0n) is 16.1. The third-order valence-electron chi connectivity index (χ3n) is 4.39. The Morgan fingerprint density at radius 1 is 0.846 bits per heavy atom. The topological polar surface area (TPSA) is 55.4 Å². The summed E-state index contributed by atoms with van der Waals surface area (Å²) in [6.07, 6.45) is 15.3. The lowest BCUT2D eigenvalue weighted by Gasteiger charge is -2.19. The molecule has 0 aliphatic heterocycles. The van der Waals surface area contributed by atoms with E-state index < -0.39 is 21.7 Å². The summed E-state index contributed by atoms with van der Waals surface area (Å²) in [5.74, 6) is -1.33. The molecule has 0 aliphatic carbocycles. The Labute approximate surface area is 173 Å². The lowest BCUT2D eigenvalue weighted by atomic mass is 10.0. The molecule has 0 saturated heterocycles. The number of hydrogen-bond acceptors (Lipinski definition) is 3. The van der Waals surface area contributed by atoms with Crippen molar-refractivity contribution in [2.45, 2.75) is 100 Å². The molecule has 0 aromatic heterocycles. The Morgan fingerprint density at radius 2 is 1.27 bits per heavy atom. The minimum atomic E-state index is -2.08. The average molecular weight is 431 g/mol. The highest BCUT2D eigenvalue weighted by molar-refractivity contribution is 6.76. The monoisotopic (exact) mass is 429 g/mol. The van der Waals surface area contributed by atoms with Crippen LogP contribution in [-0.4, -0.2) is 28.8 Å². The SMILES string of the molecule is CCCCCCCCCCCCCCC(NC(=O)C(Cl)(Cl)Cl)C(=O)OC. The van der Waals surface area contributed by atoms with Gasteiger partial charge in [0.05, 0.1) is 7.11 Å². The van der Waals surface area contributed by atoms with Gasteiger partial charge in [0.25, 0.3) is 9.70 Å². The van der Waals surface area contributed by atoms with E-state index in [9.17, 15) is 9.59 Å². The molecule has 0 bridgehead atoms. The van der Waals surface area contributed by atoms with E-state index in [-0.39, 0.29) is 0 Å². The van der Waals surface area contributed by atoms with Gasteiger partial charge in [-0.2, -0.15) is 0 Å². The van der Waals surface area contributed by atoms with Gasteiger partial charge in [-0.25, -0.2) is 4.79 Å². The highest BCUT2D eigenvalue weighted by Crippen LogP contribution is 2.26. The van der Waals surface area contributed by atoms with Crippen LogP contribution in [0, 0.1) is 0 Å². The predicted octanol–water partition coefficient (Wildman–Crippen LogP) is 6.11. The van der Waals surface area contributed by atoms with Crippen molar-refractivity contribution in [1.29, 1.82) is 0 Å². The number of methoxy groups -OCH3 is 1. The lowest BCUT2D eigenvalue weighted by Crippen LogP contribution is -2.46. The molecule has 154 valence electrons. The number of esters is 1. The summed E-state index contributed by atoms with van der Waals surface area (Å²) in [6, 6.07) is -0.772. The van der Waals surface area contributed by atoms with Crippen molar-refractivity contribution in [3.63, 3.8) is 0 Å². The van der Waals surface area contributed by atoms with Gasteiger partial charge in [0.15, 0.2) is 0 Å². The normalized spacial score (nSPS) is 12.7. The van der Waals surface area contributed by atoms with Crippen molar-refractivity contribution >= 4 is 46.7 Å². The van der Waals surface area contributed by atoms with E-state index in [4.69, 9.17) is 39.5 Å². The van der Waals surface area contributed by atoms with Crippen LogP contribution in [0.1, 0.15) is 90.4 Å². The van der Waals surface area contributed by atoms with E-state index in [1.165, 1.54) is 64.9 Å². The second-order valence-corrected chi connectivity index (χ2v) is 9.01. The molecule has 1 atom stereocenters. The van der Waals surface area contributed by atoms with E-state index >= 15 is 0 Å². The van der Waals surface area contributed by atoms with Gasteiger partial charge in [0, 0.05) is 0 Å². The molecule has 7 heteroatoms. The number of amides is 1. The van der Waals surface area contributed by atoms with Crippen molar-refractivity contribution in [2.24, 2.45) is 0 Å². The molecule has 1 amide bonds. The molecule has 0 aromatic rings. The Hall–Kier alpha value is -0.190. The van der Waals surface area contributed by atoms with Crippen molar-refractivity contribution in [3.05, 3.63) is 0 Å². The number of rotatable bonds is 15. The second-order valence-electron chi connectivity index (χ2n) is 6.72. The van der Waals surface area contributed by atoms with Crippen LogP contribution in [0.25, 0.3) is 0 Å². The summed E-state index contributed by atoms with van der Waals surface area (Å²) in [5, 5.41) is 2.44. The molecular weight excluding hydrogens is 397 g/mol. The van der Waals surface area contributed by atoms with E-state index in [0.29, 0.717) is 6.42 Å². The molecule has 0 radical (unpaired) electrons. The Kier molecular flexibility index (Phi) is 15.7. The largest absolute Gasteiger partial charge is 0.467 e. The number of carbonyl (C=O) groups is 2. The molecule has 0 heterocycles. The number of ether oxygens (including phenoxy) is 1. The summed E-state index contributed by atoms with van der Waals surface area (Å²) in [6.45, 7) is 2.24. The number of alkyl halides is 3. The van der Waals surface area contributed by atoms with Gasteiger partial charge in [-0.3, -0.25) is 4.79 Å². The average Bonchev–Trinajstić information content (AvgIpc) is 2.59. The van der Waals surface area contributed by atoms with Gasteiger partial charge in [-0.1, -0.05) is 119 Å². The van der Waals surface area contributed by atoms with E-state index in [1.54, 1.807) is 0 Å². The van der Waals surface area contributed by atoms with E-state index in [1.807, 2.05) is 0 Å². The summed E-state index contributed by atoms with van der Waals surface area (Å²) in [5.41, 5.74) is 0. The van der Waals surface area contributed by atoms with Gasteiger partial charge >= 0.3 is 5.97 Å². The van der Waals surface area contributed by atoms with Crippen molar-refractivity contribution in [2.75, 3.05) is 7.11 Å². The first-order chi connectivity index (χ1) is 12.3.